The number of carbonyl (C=O) groups is 2. The second-order valence-corrected chi connectivity index (χ2v) is 7.03. The molecule has 1 atom stereocenters. The molecule has 0 saturated carbocycles. The highest BCUT2D eigenvalue weighted by atomic mass is 32.2. The quantitative estimate of drug-likeness (QED) is 0.368. The molecule has 0 saturated heterocycles. The van der Waals surface area contributed by atoms with Crippen LogP contribution in [0.3, 0.4) is 0 Å². The Morgan fingerprint density at radius 1 is 1.41 bits per heavy atom. The van der Waals surface area contributed by atoms with Gasteiger partial charge in [0.05, 0.1) is 18.2 Å². The number of nitrogens with one attached hydrogen (secondary N) is 1. The van der Waals surface area contributed by atoms with Gasteiger partial charge in [-0.15, -0.1) is 6.58 Å². The van der Waals surface area contributed by atoms with E-state index in [9.17, 15) is 14.4 Å². The molecule has 0 fully saturated rings. The largest absolute Gasteiger partial charge is 0.465 e. The lowest BCUT2D eigenvalue weighted by atomic mass is 9.86. The minimum atomic E-state index is -0.440. The maximum Gasteiger partial charge on any atom is 0.337 e. The average molecular weight is 385 g/mol. The van der Waals surface area contributed by atoms with Gasteiger partial charge < -0.3 is 14.6 Å². The first kappa shape index (κ1) is 18.9. The fraction of sp³-hybridized carbons (Fsp3) is 0.263. The molecule has 1 aliphatic heterocycles. The van der Waals surface area contributed by atoms with Crippen LogP contribution in [0.4, 0.5) is 5.82 Å². The summed E-state index contributed by atoms with van der Waals surface area (Å²) in [7, 11) is 3.08. The molecule has 0 unspecified atom stereocenters. The van der Waals surface area contributed by atoms with E-state index >= 15 is 0 Å². The lowest BCUT2D eigenvalue weighted by molar-refractivity contribution is -0.116. The Balaban J connectivity index is 2.07. The van der Waals surface area contributed by atoms with Gasteiger partial charge >= 0.3 is 5.97 Å². The number of methoxy groups -OCH3 is 1. The maximum atomic E-state index is 12.7. The number of amides is 1. The molecule has 0 bridgehead atoms. The number of esters is 1. The zero-order valence-electron chi connectivity index (χ0n) is 15.0. The van der Waals surface area contributed by atoms with Gasteiger partial charge in [0, 0.05) is 25.1 Å². The summed E-state index contributed by atoms with van der Waals surface area (Å²) in [5.74, 6) is 0.0194. The van der Waals surface area contributed by atoms with Crippen LogP contribution >= 0.6 is 11.8 Å². The van der Waals surface area contributed by atoms with E-state index in [2.05, 4.69) is 16.9 Å². The Morgan fingerprint density at radius 2 is 2.11 bits per heavy atom. The summed E-state index contributed by atoms with van der Waals surface area (Å²) in [4.78, 5) is 40.8. The molecule has 2 aromatic rings. The Bertz CT molecular complexity index is 966. The summed E-state index contributed by atoms with van der Waals surface area (Å²) in [6, 6.07) is 6.72. The van der Waals surface area contributed by atoms with Gasteiger partial charge in [-0.2, -0.15) is 4.98 Å². The summed E-state index contributed by atoms with van der Waals surface area (Å²) in [5, 5.41) is 3.31. The SMILES string of the molecule is C=CCSc1nc(=O)c2c(n1C)NC(=O)C[C@@H]2c1ccc(C(=O)OC)cc1. The third-order valence-corrected chi connectivity index (χ3v) is 5.39. The number of hydrogen-bond donors (Lipinski definition) is 1. The van der Waals surface area contributed by atoms with Gasteiger partial charge in [0.15, 0.2) is 5.16 Å². The van der Waals surface area contributed by atoms with E-state index in [1.165, 1.54) is 18.9 Å². The van der Waals surface area contributed by atoms with Crippen molar-refractivity contribution in [2.75, 3.05) is 18.2 Å². The summed E-state index contributed by atoms with van der Waals surface area (Å²) >= 11 is 1.37. The van der Waals surface area contributed by atoms with E-state index in [0.717, 1.165) is 5.56 Å². The molecular formula is C19H19N3O4S. The third-order valence-electron chi connectivity index (χ3n) is 4.37. The highest BCUT2D eigenvalue weighted by Crippen LogP contribution is 2.35. The van der Waals surface area contributed by atoms with Gasteiger partial charge in [0.25, 0.3) is 5.56 Å². The van der Waals surface area contributed by atoms with Crippen molar-refractivity contribution in [3.05, 3.63) is 64.0 Å². The lowest BCUT2D eigenvalue weighted by Crippen LogP contribution is -2.33. The van der Waals surface area contributed by atoms with Crippen molar-refractivity contribution in [3.63, 3.8) is 0 Å². The predicted octanol–water partition coefficient (Wildman–Crippen LogP) is 2.32. The number of thioether (sulfide) groups is 1. The monoisotopic (exact) mass is 385 g/mol. The molecule has 0 spiro atoms. The van der Waals surface area contributed by atoms with Crippen molar-refractivity contribution in [1.82, 2.24) is 9.55 Å². The van der Waals surface area contributed by atoms with E-state index in [1.54, 1.807) is 42.0 Å². The number of carbonyl (C=O) groups excluding carboxylic acids is 2. The minimum Gasteiger partial charge on any atom is -0.465 e. The Hall–Kier alpha value is -2.87. The number of nitrogens with zero attached hydrogens (tertiary/aromatic N) is 2. The number of benzene rings is 1. The molecule has 1 aromatic heterocycles. The molecule has 1 aliphatic rings. The number of hydrogen-bond acceptors (Lipinski definition) is 6. The topological polar surface area (TPSA) is 90.3 Å². The molecular weight excluding hydrogens is 366 g/mol. The molecule has 0 aliphatic carbocycles. The van der Waals surface area contributed by atoms with Crippen LogP contribution in [-0.4, -0.2) is 34.3 Å². The van der Waals surface area contributed by atoms with Crippen LogP contribution in [0.5, 0.6) is 0 Å². The van der Waals surface area contributed by atoms with E-state index < -0.39 is 11.9 Å². The van der Waals surface area contributed by atoms with Gasteiger partial charge in [-0.25, -0.2) is 4.79 Å². The highest BCUT2D eigenvalue weighted by Gasteiger charge is 2.32. The molecule has 140 valence electrons. The van der Waals surface area contributed by atoms with E-state index in [0.29, 0.717) is 27.9 Å². The number of rotatable bonds is 5. The van der Waals surface area contributed by atoms with Gasteiger partial charge in [0.1, 0.15) is 5.82 Å². The van der Waals surface area contributed by atoms with Crippen LogP contribution in [0.15, 0.2) is 46.9 Å². The number of aromatic nitrogens is 2. The van der Waals surface area contributed by atoms with Crippen LogP contribution in [0.2, 0.25) is 0 Å². The molecule has 1 N–H and O–H groups in total. The van der Waals surface area contributed by atoms with Crippen molar-refractivity contribution < 1.29 is 14.3 Å². The first-order valence-corrected chi connectivity index (χ1v) is 9.27. The van der Waals surface area contributed by atoms with Crippen molar-refractivity contribution in [2.24, 2.45) is 7.05 Å². The zero-order valence-corrected chi connectivity index (χ0v) is 15.8. The molecule has 8 heteroatoms. The van der Waals surface area contributed by atoms with E-state index in [4.69, 9.17) is 4.74 Å². The zero-order chi connectivity index (χ0) is 19.6. The van der Waals surface area contributed by atoms with E-state index in [1.807, 2.05) is 0 Å². The van der Waals surface area contributed by atoms with Gasteiger partial charge in [0.2, 0.25) is 5.91 Å². The molecule has 2 heterocycles. The summed E-state index contributed by atoms with van der Waals surface area (Å²) < 4.78 is 6.42. The number of fused-ring (bicyclic) bond motifs is 1. The lowest BCUT2D eigenvalue weighted by Gasteiger charge is -2.27. The van der Waals surface area contributed by atoms with Crippen LogP contribution in [0.1, 0.15) is 33.8 Å². The number of ether oxygens (including phenoxy) is 1. The average Bonchev–Trinajstić information content (AvgIpc) is 2.68. The fourth-order valence-electron chi connectivity index (χ4n) is 3.05. The first-order chi connectivity index (χ1) is 13.0. The summed E-state index contributed by atoms with van der Waals surface area (Å²) in [6.07, 6.45) is 1.86. The molecule has 27 heavy (non-hydrogen) atoms. The predicted molar refractivity (Wildman–Crippen MR) is 103 cm³/mol. The second-order valence-electron chi connectivity index (χ2n) is 6.04. The van der Waals surface area contributed by atoms with Crippen LogP contribution in [0, 0.1) is 0 Å². The van der Waals surface area contributed by atoms with Crippen LogP contribution < -0.4 is 10.9 Å². The Kier molecular flexibility index (Phi) is 5.46. The van der Waals surface area contributed by atoms with E-state index in [-0.39, 0.29) is 17.9 Å². The van der Waals surface area contributed by atoms with Crippen LogP contribution in [-0.2, 0) is 16.6 Å². The van der Waals surface area contributed by atoms with Gasteiger partial charge in [-0.3, -0.25) is 9.59 Å². The number of anilines is 1. The van der Waals surface area contributed by atoms with Crippen LogP contribution in [0.25, 0.3) is 0 Å². The smallest absolute Gasteiger partial charge is 0.337 e. The third kappa shape index (κ3) is 3.66. The highest BCUT2D eigenvalue weighted by molar-refractivity contribution is 7.99. The van der Waals surface area contributed by atoms with Gasteiger partial charge in [-0.1, -0.05) is 30.0 Å². The normalized spacial score (nSPS) is 15.6. The molecule has 3 rings (SSSR count). The molecule has 1 amide bonds. The second kappa shape index (κ2) is 7.79. The standard InChI is InChI=1S/C19H19N3O4S/c1-4-9-27-19-21-17(24)15-13(10-14(23)20-16(15)22(19)2)11-5-7-12(8-6-11)18(25)26-3/h4-8,13H,1,9-10H2,2-3H3,(H,20,23)/t13-/m1/s1. The molecule has 7 nitrogen and oxygen atoms in total. The summed E-state index contributed by atoms with van der Waals surface area (Å²) in [6.45, 7) is 3.67. The Labute approximate surface area is 160 Å². The first-order valence-electron chi connectivity index (χ1n) is 8.29. The van der Waals surface area contributed by atoms with Crippen molar-refractivity contribution in [3.8, 4) is 0 Å². The molecule has 0 radical (unpaired) electrons. The van der Waals surface area contributed by atoms with Gasteiger partial charge in [-0.05, 0) is 17.7 Å². The molecule has 1 aromatic carbocycles. The van der Waals surface area contributed by atoms with Crippen molar-refractivity contribution >= 4 is 29.5 Å². The maximum absolute atomic E-state index is 12.7. The van der Waals surface area contributed by atoms with Crippen molar-refractivity contribution in [1.29, 1.82) is 0 Å². The van der Waals surface area contributed by atoms with Crippen molar-refractivity contribution in [2.45, 2.75) is 17.5 Å². The fourth-order valence-corrected chi connectivity index (χ4v) is 3.75. The summed E-state index contributed by atoms with van der Waals surface area (Å²) in [5.41, 5.74) is 1.26. The Morgan fingerprint density at radius 3 is 2.74 bits per heavy atom. The minimum absolute atomic E-state index is 0.140.